The number of amides is 1. The number of aromatic nitrogens is 2. The van der Waals surface area contributed by atoms with Crippen molar-refractivity contribution in [2.24, 2.45) is 5.92 Å². The zero-order valence-electron chi connectivity index (χ0n) is 19.4. The monoisotopic (exact) mass is 541 g/mol. The second-order valence-corrected chi connectivity index (χ2v) is 9.15. The van der Waals surface area contributed by atoms with Crippen LogP contribution in [-0.2, 0) is 28.9 Å². The largest absolute Gasteiger partial charge is 0.417 e. The van der Waals surface area contributed by atoms with Crippen LogP contribution in [0, 0.1) is 24.5 Å². The van der Waals surface area contributed by atoms with Gasteiger partial charge in [0, 0.05) is 23.0 Å². The number of H-pyrrole nitrogens is 1. The molecule has 1 aromatic heterocycles. The fourth-order valence-corrected chi connectivity index (χ4v) is 4.08. The predicted molar refractivity (Wildman–Crippen MR) is 125 cm³/mol. The van der Waals surface area contributed by atoms with E-state index in [1.807, 2.05) is 17.1 Å². The van der Waals surface area contributed by atoms with Crippen molar-refractivity contribution < 1.29 is 31.5 Å². The molecule has 1 heterocycles. The highest BCUT2D eigenvalue weighted by Crippen LogP contribution is 2.38. The summed E-state index contributed by atoms with van der Waals surface area (Å²) in [6.07, 6.45) is -4.22. The molecule has 2 aromatic carbocycles. The molecule has 0 bridgehead atoms. The molecular weight excluding hydrogens is 521 g/mol. The van der Waals surface area contributed by atoms with Gasteiger partial charge in [-0.05, 0) is 43.5 Å². The zero-order valence-corrected chi connectivity index (χ0v) is 20.1. The highest BCUT2D eigenvalue weighted by molar-refractivity contribution is 6.30. The molecular formula is C25H21ClF5N3O3. The maximum Gasteiger partial charge on any atom is 0.417 e. The molecule has 2 N–H and O–H groups in total. The lowest BCUT2D eigenvalue weighted by molar-refractivity contribution is -0.137. The SMILES string of the molecule is Cc1nc(-c2c(C(F)(F)F)ccc(CNC(=O)[C@H]3C[C@H](OCc4ccc(Cl)cc4)C3)c2F)[nH]c(=O)c1F. The molecule has 0 radical (unpaired) electrons. The first-order chi connectivity index (χ1) is 17.4. The highest BCUT2D eigenvalue weighted by atomic mass is 35.5. The first kappa shape index (κ1) is 26.7. The lowest BCUT2D eigenvalue weighted by Gasteiger charge is -2.34. The molecule has 0 saturated heterocycles. The number of alkyl halides is 3. The van der Waals surface area contributed by atoms with Gasteiger partial charge in [-0.1, -0.05) is 29.8 Å². The van der Waals surface area contributed by atoms with Crippen molar-refractivity contribution in [3.63, 3.8) is 0 Å². The number of rotatable bonds is 7. The van der Waals surface area contributed by atoms with Crippen molar-refractivity contribution in [1.82, 2.24) is 15.3 Å². The van der Waals surface area contributed by atoms with Crippen LogP contribution in [0.1, 0.15) is 35.2 Å². The van der Waals surface area contributed by atoms with Crippen molar-refractivity contribution in [2.45, 2.75) is 45.2 Å². The van der Waals surface area contributed by atoms with Gasteiger partial charge in [-0.15, -0.1) is 0 Å². The van der Waals surface area contributed by atoms with E-state index >= 15 is 4.39 Å². The van der Waals surface area contributed by atoms with Crippen LogP contribution in [0.15, 0.2) is 41.2 Å². The Balaban J connectivity index is 1.42. The van der Waals surface area contributed by atoms with Crippen molar-refractivity contribution in [2.75, 3.05) is 0 Å². The summed E-state index contributed by atoms with van der Waals surface area (Å²) in [5.74, 6) is -4.15. The van der Waals surface area contributed by atoms with Crippen molar-refractivity contribution in [3.05, 3.63) is 85.8 Å². The average molecular weight is 542 g/mol. The van der Waals surface area contributed by atoms with E-state index in [2.05, 4.69) is 10.3 Å². The quantitative estimate of drug-likeness (QED) is 0.397. The first-order valence-electron chi connectivity index (χ1n) is 11.2. The molecule has 1 saturated carbocycles. The van der Waals surface area contributed by atoms with Gasteiger partial charge in [0.1, 0.15) is 11.6 Å². The van der Waals surface area contributed by atoms with E-state index in [1.165, 1.54) is 0 Å². The summed E-state index contributed by atoms with van der Waals surface area (Å²) in [7, 11) is 0. The van der Waals surface area contributed by atoms with Crippen LogP contribution in [0.5, 0.6) is 0 Å². The number of aryl methyl sites for hydroxylation is 1. The van der Waals surface area contributed by atoms with Crippen LogP contribution in [0.4, 0.5) is 22.0 Å². The van der Waals surface area contributed by atoms with Gasteiger partial charge in [0.15, 0.2) is 0 Å². The van der Waals surface area contributed by atoms with E-state index in [0.717, 1.165) is 18.6 Å². The smallest absolute Gasteiger partial charge is 0.373 e. The molecule has 0 atom stereocenters. The summed E-state index contributed by atoms with van der Waals surface area (Å²) >= 11 is 5.85. The Kier molecular flexibility index (Phi) is 7.65. The topological polar surface area (TPSA) is 84.1 Å². The highest BCUT2D eigenvalue weighted by Gasteiger charge is 2.38. The number of carbonyl (C=O) groups excluding carboxylic acids is 1. The summed E-state index contributed by atoms with van der Waals surface area (Å²) in [5, 5.41) is 3.14. The number of carbonyl (C=O) groups is 1. The summed E-state index contributed by atoms with van der Waals surface area (Å²) in [6, 6.07) is 8.67. The Morgan fingerprint density at radius 2 is 1.81 bits per heavy atom. The van der Waals surface area contributed by atoms with Crippen LogP contribution in [0.25, 0.3) is 11.4 Å². The Hall–Kier alpha value is -3.31. The van der Waals surface area contributed by atoms with Crippen molar-refractivity contribution in [1.29, 1.82) is 0 Å². The van der Waals surface area contributed by atoms with Gasteiger partial charge >= 0.3 is 6.18 Å². The summed E-state index contributed by atoms with van der Waals surface area (Å²) in [6.45, 7) is 1.04. The van der Waals surface area contributed by atoms with Crippen molar-refractivity contribution in [3.8, 4) is 11.4 Å². The fourth-order valence-electron chi connectivity index (χ4n) is 3.95. The molecule has 196 valence electrons. The molecule has 6 nitrogen and oxygen atoms in total. The minimum absolute atomic E-state index is 0.134. The first-order valence-corrected chi connectivity index (χ1v) is 11.6. The molecule has 0 aliphatic heterocycles. The molecule has 1 aliphatic rings. The number of benzene rings is 2. The number of hydrogen-bond donors (Lipinski definition) is 2. The van der Waals surface area contributed by atoms with E-state index in [-0.39, 0.29) is 17.6 Å². The average Bonchev–Trinajstić information content (AvgIpc) is 2.80. The number of nitrogens with one attached hydrogen (secondary N) is 2. The van der Waals surface area contributed by atoms with E-state index in [9.17, 15) is 27.2 Å². The Morgan fingerprint density at radius 1 is 1.14 bits per heavy atom. The van der Waals surface area contributed by atoms with Gasteiger partial charge in [0.05, 0.1) is 29.5 Å². The molecule has 3 aromatic rings. The second-order valence-electron chi connectivity index (χ2n) is 8.72. The lowest BCUT2D eigenvalue weighted by atomic mass is 9.81. The molecule has 1 amide bonds. The fraction of sp³-hybridized carbons (Fsp3) is 0.320. The number of aromatic amines is 1. The maximum absolute atomic E-state index is 15.3. The van der Waals surface area contributed by atoms with E-state index in [4.69, 9.17) is 16.3 Å². The van der Waals surface area contributed by atoms with Crippen LogP contribution >= 0.6 is 11.6 Å². The summed E-state index contributed by atoms with van der Waals surface area (Å²) < 4.78 is 75.4. The molecule has 4 rings (SSSR count). The Labute approximate surface area is 212 Å². The third-order valence-electron chi connectivity index (χ3n) is 6.11. The Morgan fingerprint density at radius 3 is 2.43 bits per heavy atom. The van der Waals surface area contributed by atoms with Crippen LogP contribution in [-0.4, -0.2) is 22.0 Å². The number of ether oxygens (including phenoxy) is 1. The molecule has 1 aliphatic carbocycles. The molecule has 1 fully saturated rings. The Bertz CT molecular complexity index is 1370. The molecule has 0 spiro atoms. The van der Waals surface area contributed by atoms with Crippen molar-refractivity contribution >= 4 is 17.5 Å². The predicted octanol–water partition coefficient (Wildman–Crippen LogP) is 5.31. The van der Waals surface area contributed by atoms with Gasteiger partial charge < -0.3 is 15.0 Å². The van der Waals surface area contributed by atoms with E-state index < -0.39 is 58.5 Å². The van der Waals surface area contributed by atoms with Gasteiger partial charge in [0.2, 0.25) is 11.7 Å². The third kappa shape index (κ3) is 5.99. The summed E-state index contributed by atoms with van der Waals surface area (Å²) in [5.41, 5.74) is -3.56. The normalized spacial score (nSPS) is 17.4. The van der Waals surface area contributed by atoms with E-state index in [1.54, 1.807) is 12.1 Å². The second kappa shape index (κ2) is 10.6. The molecule has 0 unspecified atom stereocenters. The van der Waals surface area contributed by atoms with E-state index in [0.29, 0.717) is 30.5 Å². The number of hydrogen-bond acceptors (Lipinski definition) is 4. The molecule has 12 heteroatoms. The minimum Gasteiger partial charge on any atom is -0.373 e. The van der Waals surface area contributed by atoms with Gasteiger partial charge in [0.25, 0.3) is 5.56 Å². The van der Waals surface area contributed by atoms with Crippen LogP contribution in [0.3, 0.4) is 0 Å². The van der Waals surface area contributed by atoms with Gasteiger partial charge in [-0.25, -0.2) is 9.37 Å². The maximum atomic E-state index is 15.3. The minimum atomic E-state index is -4.98. The summed E-state index contributed by atoms with van der Waals surface area (Å²) in [4.78, 5) is 29.7. The lowest BCUT2D eigenvalue weighted by Crippen LogP contribution is -2.42. The standard InChI is InChI=1S/C25H21ClF5N3O3/c1-12-20(27)24(36)34-22(33-12)19-18(25(29,30)31)7-4-14(21(19)28)10-32-23(35)15-8-17(9-15)37-11-13-2-5-16(26)6-3-13/h2-7,15,17H,8-11H2,1H3,(H,32,35)(H,33,34,36)/t15-,17-. The zero-order chi connectivity index (χ0) is 26.9. The number of halogens is 6. The molecule has 37 heavy (non-hydrogen) atoms. The van der Waals surface area contributed by atoms with Crippen LogP contribution in [0.2, 0.25) is 5.02 Å². The van der Waals surface area contributed by atoms with Crippen LogP contribution < -0.4 is 10.9 Å². The van der Waals surface area contributed by atoms with Gasteiger partial charge in [-0.3, -0.25) is 9.59 Å². The van der Waals surface area contributed by atoms with Gasteiger partial charge in [-0.2, -0.15) is 17.6 Å². The third-order valence-corrected chi connectivity index (χ3v) is 6.36. The number of nitrogens with zero attached hydrogens (tertiary/aromatic N) is 1.